The van der Waals surface area contributed by atoms with Crippen LogP contribution in [0, 0.1) is 0 Å². The van der Waals surface area contributed by atoms with Gasteiger partial charge in [0.1, 0.15) is 0 Å². The van der Waals surface area contributed by atoms with Crippen LogP contribution in [-0.2, 0) is 17.1 Å². The summed E-state index contributed by atoms with van der Waals surface area (Å²) in [5, 5.41) is 10.9. The molecule has 0 aliphatic heterocycles. The molecule has 0 amide bonds. The van der Waals surface area contributed by atoms with Crippen LogP contribution in [-0.4, -0.2) is 19.0 Å². The lowest BCUT2D eigenvalue weighted by Crippen LogP contribution is -2.23. The summed E-state index contributed by atoms with van der Waals surface area (Å²) in [6.07, 6.45) is 0. The van der Waals surface area contributed by atoms with Crippen LogP contribution in [0.3, 0.4) is 0 Å². The highest BCUT2D eigenvalue weighted by Gasteiger charge is 2.17. The first kappa shape index (κ1) is 17.1. The van der Waals surface area contributed by atoms with Crippen molar-refractivity contribution in [2.24, 2.45) is 7.05 Å². The number of carboxylic acid groups (broad SMARTS) is 1. The molecule has 0 aliphatic carbocycles. The molecular formula is C15H10ClN2O6S-. The van der Waals surface area contributed by atoms with Gasteiger partial charge in [-0.3, -0.25) is 9.29 Å². The van der Waals surface area contributed by atoms with Gasteiger partial charge in [-0.1, -0.05) is 11.6 Å². The number of carbonyl (C=O) groups excluding carboxylic acids is 1. The largest absolute Gasteiger partial charge is 0.545 e. The Morgan fingerprint density at radius 3 is 2.64 bits per heavy atom. The summed E-state index contributed by atoms with van der Waals surface area (Å²) in [4.78, 5) is 22.3. The molecule has 1 aromatic heterocycles. The second-order valence-corrected chi connectivity index (χ2v) is 7.23. The van der Waals surface area contributed by atoms with Crippen LogP contribution in [0.2, 0.25) is 5.02 Å². The van der Waals surface area contributed by atoms with Gasteiger partial charge in [-0.2, -0.15) is 0 Å². The number of aryl methyl sites for hydroxylation is 1. The van der Waals surface area contributed by atoms with E-state index in [4.69, 9.17) is 16.0 Å². The minimum absolute atomic E-state index is 0.00166. The number of sulfonamides is 1. The van der Waals surface area contributed by atoms with Crippen molar-refractivity contribution in [2.45, 2.75) is 4.90 Å². The maximum Gasteiger partial charge on any atom is 0.419 e. The molecule has 1 heterocycles. The Hall–Kier alpha value is -2.78. The maximum absolute atomic E-state index is 12.5. The summed E-state index contributed by atoms with van der Waals surface area (Å²) in [7, 11) is -2.55. The number of anilines is 1. The number of oxazole rings is 1. The number of carbonyl (C=O) groups is 1. The third-order valence-corrected chi connectivity index (χ3v) is 5.22. The number of halogens is 1. The number of fused-ring (bicyclic) bond motifs is 1. The van der Waals surface area contributed by atoms with E-state index in [1.165, 1.54) is 41.9 Å². The summed E-state index contributed by atoms with van der Waals surface area (Å²) in [5.41, 5.74) is 0.209. The topological polar surface area (TPSA) is 121 Å². The van der Waals surface area contributed by atoms with Gasteiger partial charge in [0.15, 0.2) is 5.58 Å². The molecule has 0 radical (unpaired) electrons. The van der Waals surface area contributed by atoms with E-state index >= 15 is 0 Å². The zero-order valence-corrected chi connectivity index (χ0v) is 14.2. The molecule has 0 spiro atoms. The number of aromatic carboxylic acids is 1. The molecule has 0 atom stereocenters. The first-order valence-electron chi connectivity index (χ1n) is 6.82. The molecule has 1 N–H and O–H groups in total. The van der Waals surface area contributed by atoms with Crippen LogP contribution < -0.4 is 15.6 Å². The molecule has 0 saturated heterocycles. The average Bonchev–Trinajstić information content (AvgIpc) is 2.83. The van der Waals surface area contributed by atoms with Gasteiger partial charge < -0.3 is 14.3 Å². The molecule has 130 valence electrons. The first-order chi connectivity index (χ1) is 11.7. The predicted molar refractivity (Wildman–Crippen MR) is 88.0 cm³/mol. The molecule has 25 heavy (non-hydrogen) atoms. The quantitative estimate of drug-likeness (QED) is 0.718. The molecule has 8 nitrogen and oxygen atoms in total. The zero-order chi connectivity index (χ0) is 18.4. The predicted octanol–water partition coefficient (Wildman–Crippen LogP) is 0.949. The van der Waals surface area contributed by atoms with Crippen LogP contribution in [0.4, 0.5) is 5.69 Å². The van der Waals surface area contributed by atoms with Gasteiger partial charge >= 0.3 is 5.76 Å². The molecule has 0 fully saturated rings. The number of hydrogen-bond acceptors (Lipinski definition) is 6. The number of aromatic nitrogens is 1. The highest BCUT2D eigenvalue weighted by Crippen LogP contribution is 2.24. The van der Waals surface area contributed by atoms with Crippen molar-refractivity contribution < 1.29 is 22.7 Å². The summed E-state index contributed by atoms with van der Waals surface area (Å²) in [6.45, 7) is 0. The molecular weight excluding hydrogens is 372 g/mol. The van der Waals surface area contributed by atoms with Crippen molar-refractivity contribution in [3.05, 3.63) is 57.5 Å². The van der Waals surface area contributed by atoms with E-state index in [1.54, 1.807) is 0 Å². The van der Waals surface area contributed by atoms with E-state index < -0.39 is 21.7 Å². The van der Waals surface area contributed by atoms with Crippen LogP contribution in [0.1, 0.15) is 10.4 Å². The second kappa shape index (κ2) is 5.94. The lowest BCUT2D eigenvalue weighted by Gasteiger charge is -2.11. The molecule has 0 aliphatic rings. The molecule has 10 heteroatoms. The monoisotopic (exact) mass is 381 g/mol. The van der Waals surface area contributed by atoms with Crippen molar-refractivity contribution in [1.82, 2.24) is 4.57 Å². The number of hydrogen-bond donors (Lipinski definition) is 1. The molecule has 0 unspecified atom stereocenters. The number of rotatable bonds is 4. The van der Waals surface area contributed by atoms with Crippen LogP contribution in [0.5, 0.6) is 0 Å². The van der Waals surface area contributed by atoms with E-state index in [1.807, 2.05) is 0 Å². The molecule has 0 bridgehead atoms. The summed E-state index contributed by atoms with van der Waals surface area (Å²) >= 11 is 5.72. The number of nitrogens with one attached hydrogen (secondary N) is 1. The minimum atomic E-state index is -4.04. The van der Waals surface area contributed by atoms with Crippen molar-refractivity contribution in [3.63, 3.8) is 0 Å². The Morgan fingerprint density at radius 2 is 1.96 bits per heavy atom. The summed E-state index contributed by atoms with van der Waals surface area (Å²) in [6, 6.07) is 7.54. The fourth-order valence-electron chi connectivity index (χ4n) is 2.24. The smallest absolute Gasteiger partial charge is 0.419 e. The van der Waals surface area contributed by atoms with E-state index in [2.05, 4.69) is 4.72 Å². The van der Waals surface area contributed by atoms with Crippen molar-refractivity contribution in [3.8, 4) is 0 Å². The third kappa shape index (κ3) is 3.11. The first-order valence-corrected chi connectivity index (χ1v) is 8.68. The second-order valence-electron chi connectivity index (χ2n) is 5.14. The fraction of sp³-hybridized carbons (Fsp3) is 0.0667. The van der Waals surface area contributed by atoms with E-state index in [9.17, 15) is 23.1 Å². The molecule has 3 aromatic rings. The highest BCUT2D eigenvalue weighted by atomic mass is 35.5. The Balaban J connectivity index is 2.01. The Labute approximate surface area is 146 Å². The Bertz CT molecular complexity index is 1160. The molecule has 3 rings (SSSR count). The average molecular weight is 382 g/mol. The van der Waals surface area contributed by atoms with Crippen LogP contribution in [0.15, 0.2) is 50.5 Å². The SMILES string of the molecule is Cn1c(=O)oc2cc(S(=O)(=O)Nc3ccc(Cl)c(C(=O)[O-])c3)ccc21. The lowest BCUT2D eigenvalue weighted by atomic mass is 10.2. The van der Waals surface area contributed by atoms with E-state index in [-0.39, 0.29) is 26.8 Å². The molecule has 2 aromatic carbocycles. The van der Waals surface area contributed by atoms with Crippen LogP contribution >= 0.6 is 11.6 Å². The highest BCUT2D eigenvalue weighted by molar-refractivity contribution is 7.92. The van der Waals surface area contributed by atoms with Gasteiger partial charge in [0, 0.05) is 29.4 Å². The lowest BCUT2D eigenvalue weighted by molar-refractivity contribution is -0.255. The third-order valence-electron chi connectivity index (χ3n) is 3.51. The van der Waals surface area contributed by atoms with Gasteiger partial charge in [0.25, 0.3) is 10.0 Å². The van der Waals surface area contributed by atoms with Crippen molar-refractivity contribution in [2.75, 3.05) is 4.72 Å². The van der Waals surface area contributed by atoms with E-state index in [0.29, 0.717) is 5.52 Å². The van der Waals surface area contributed by atoms with E-state index in [0.717, 1.165) is 6.07 Å². The maximum atomic E-state index is 12.5. The standard InChI is InChI=1S/C15H11ClN2O6S/c1-18-12-5-3-9(7-13(12)24-15(18)21)25(22,23)17-8-2-4-11(16)10(6-8)14(19)20/h2-7,17H,1H3,(H,19,20)/p-1. The van der Waals surface area contributed by atoms with Gasteiger partial charge in [-0.05, 0) is 30.3 Å². The number of benzene rings is 2. The normalized spacial score (nSPS) is 11.6. The molecule has 0 saturated carbocycles. The zero-order valence-electron chi connectivity index (χ0n) is 12.6. The fourth-order valence-corrected chi connectivity index (χ4v) is 3.50. The van der Waals surface area contributed by atoms with Gasteiger partial charge in [0.2, 0.25) is 0 Å². The number of carboxylic acids is 1. The Morgan fingerprint density at radius 1 is 1.24 bits per heavy atom. The van der Waals surface area contributed by atoms with Crippen molar-refractivity contribution >= 4 is 44.4 Å². The van der Waals surface area contributed by atoms with Crippen LogP contribution in [0.25, 0.3) is 11.1 Å². The Kier molecular flexibility index (Phi) is 4.05. The summed E-state index contributed by atoms with van der Waals surface area (Å²) in [5.74, 6) is -2.15. The number of nitrogens with zero attached hydrogens (tertiary/aromatic N) is 1. The van der Waals surface area contributed by atoms with Gasteiger partial charge in [-0.25, -0.2) is 13.2 Å². The van der Waals surface area contributed by atoms with Gasteiger partial charge in [-0.15, -0.1) is 0 Å². The van der Waals surface area contributed by atoms with Crippen molar-refractivity contribution in [1.29, 1.82) is 0 Å². The summed E-state index contributed by atoms with van der Waals surface area (Å²) < 4.78 is 33.4. The minimum Gasteiger partial charge on any atom is -0.545 e. The van der Waals surface area contributed by atoms with Gasteiger partial charge in [0.05, 0.1) is 16.4 Å².